The second-order valence-corrected chi connectivity index (χ2v) is 7.17. The largest absolute Gasteiger partial charge is 0.497 e. The van der Waals surface area contributed by atoms with E-state index in [1.54, 1.807) is 24.1 Å². The molecule has 0 radical (unpaired) electrons. The first-order valence-corrected chi connectivity index (χ1v) is 9.70. The summed E-state index contributed by atoms with van der Waals surface area (Å²) in [5.74, 6) is 0.359. The number of benzene rings is 2. The number of ether oxygens (including phenoxy) is 1. The van der Waals surface area contributed by atoms with E-state index in [9.17, 15) is 9.18 Å². The highest BCUT2D eigenvalue weighted by molar-refractivity contribution is 7.08. The Morgan fingerprint density at radius 2 is 1.89 bits per heavy atom. The third-order valence-corrected chi connectivity index (χ3v) is 5.50. The number of amides is 1. The summed E-state index contributed by atoms with van der Waals surface area (Å²) in [5.41, 5.74) is 1.93. The third-order valence-electron chi connectivity index (χ3n) is 4.79. The van der Waals surface area contributed by atoms with Gasteiger partial charge >= 0.3 is 0 Å². The predicted molar refractivity (Wildman–Crippen MR) is 106 cm³/mol. The van der Waals surface area contributed by atoms with E-state index in [1.807, 2.05) is 35.2 Å². The fourth-order valence-electron chi connectivity index (χ4n) is 3.29. The molecular weight excluding hydrogens is 379 g/mol. The van der Waals surface area contributed by atoms with Gasteiger partial charge < -0.3 is 14.5 Å². The summed E-state index contributed by atoms with van der Waals surface area (Å²) in [4.78, 5) is 17.3. The zero-order valence-electron chi connectivity index (χ0n) is 15.3. The van der Waals surface area contributed by atoms with Gasteiger partial charge in [0.1, 0.15) is 22.1 Å². The molecule has 2 heterocycles. The molecule has 144 valence electrons. The first kappa shape index (κ1) is 18.4. The number of aromatic nitrogens is 2. The minimum atomic E-state index is -0.241. The molecule has 1 amide bonds. The quantitative estimate of drug-likeness (QED) is 0.675. The van der Waals surface area contributed by atoms with Crippen molar-refractivity contribution in [2.45, 2.75) is 0 Å². The van der Waals surface area contributed by atoms with Crippen molar-refractivity contribution in [3.8, 4) is 17.0 Å². The molecule has 0 unspecified atom stereocenters. The Kier molecular flexibility index (Phi) is 5.21. The Balaban J connectivity index is 1.50. The molecule has 6 nitrogen and oxygen atoms in total. The van der Waals surface area contributed by atoms with Crippen molar-refractivity contribution >= 4 is 23.1 Å². The van der Waals surface area contributed by atoms with E-state index in [1.165, 1.54) is 6.07 Å². The van der Waals surface area contributed by atoms with Gasteiger partial charge in [-0.1, -0.05) is 28.8 Å². The lowest BCUT2D eigenvalue weighted by Gasteiger charge is -2.36. The number of para-hydroxylation sites is 1. The van der Waals surface area contributed by atoms with Crippen LogP contribution >= 0.6 is 11.5 Å². The van der Waals surface area contributed by atoms with E-state index in [0.29, 0.717) is 48.2 Å². The number of halogens is 1. The summed E-state index contributed by atoms with van der Waals surface area (Å²) in [6.45, 7) is 2.19. The number of anilines is 1. The molecule has 3 aromatic rings. The average Bonchev–Trinajstić information content (AvgIpc) is 3.24. The zero-order valence-corrected chi connectivity index (χ0v) is 16.2. The van der Waals surface area contributed by atoms with Crippen molar-refractivity contribution in [1.29, 1.82) is 0 Å². The number of methoxy groups -OCH3 is 1. The van der Waals surface area contributed by atoms with Gasteiger partial charge in [0.15, 0.2) is 0 Å². The third kappa shape index (κ3) is 3.55. The van der Waals surface area contributed by atoms with E-state index in [4.69, 9.17) is 4.74 Å². The second-order valence-electron chi connectivity index (χ2n) is 6.41. The highest BCUT2D eigenvalue weighted by Gasteiger charge is 2.27. The van der Waals surface area contributed by atoms with Crippen LogP contribution in [0.2, 0.25) is 0 Å². The Morgan fingerprint density at radius 1 is 1.11 bits per heavy atom. The molecule has 0 N–H and O–H groups in total. The minimum absolute atomic E-state index is 0.0963. The molecule has 8 heteroatoms. The Hall–Kier alpha value is -3.00. The molecule has 2 aromatic carbocycles. The lowest BCUT2D eigenvalue weighted by atomic mass is 10.1. The van der Waals surface area contributed by atoms with Gasteiger partial charge in [-0.15, -0.1) is 5.10 Å². The zero-order chi connectivity index (χ0) is 19.5. The van der Waals surface area contributed by atoms with Gasteiger partial charge in [0, 0.05) is 31.7 Å². The van der Waals surface area contributed by atoms with Crippen LogP contribution in [-0.4, -0.2) is 53.7 Å². The minimum Gasteiger partial charge on any atom is -0.497 e. The van der Waals surface area contributed by atoms with Crippen LogP contribution in [0.25, 0.3) is 11.3 Å². The first-order chi connectivity index (χ1) is 13.7. The van der Waals surface area contributed by atoms with Gasteiger partial charge in [-0.3, -0.25) is 4.79 Å². The van der Waals surface area contributed by atoms with Crippen molar-refractivity contribution in [2.75, 3.05) is 38.2 Å². The molecule has 1 fully saturated rings. The highest BCUT2D eigenvalue weighted by atomic mass is 32.1. The maximum atomic E-state index is 14.0. The molecule has 0 atom stereocenters. The molecule has 1 saturated heterocycles. The highest BCUT2D eigenvalue weighted by Crippen LogP contribution is 2.28. The number of hydrogen-bond donors (Lipinski definition) is 0. The molecule has 0 saturated carbocycles. The summed E-state index contributed by atoms with van der Waals surface area (Å²) >= 11 is 1.09. The Bertz CT molecular complexity index is 986. The summed E-state index contributed by atoms with van der Waals surface area (Å²) in [7, 11) is 1.60. The van der Waals surface area contributed by atoms with Gasteiger partial charge in [-0.2, -0.15) is 0 Å². The molecule has 4 rings (SSSR count). The second kappa shape index (κ2) is 7.93. The van der Waals surface area contributed by atoms with Crippen molar-refractivity contribution < 1.29 is 13.9 Å². The fourth-order valence-corrected chi connectivity index (χ4v) is 3.95. The molecule has 1 aromatic heterocycles. The maximum Gasteiger partial charge on any atom is 0.268 e. The molecule has 0 aliphatic carbocycles. The van der Waals surface area contributed by atoms with Gasteiger partial charge in [0.05, 0.1) is 12.8 Å². The normalized spacial score (nSPS) is 14.2. The number of carbonyl (C=O) groups is 1. The number of carbonyl (C=O) groups excluding carboxylic acids is 1. The number of hydrogen-bond acceptors (Lipinski definition) is 6. The molecule has 0 bridgehead atoms. The molecule has 1 aliphatic rings. The topological polar surface area (TPSA) is 58.6 Å². The summed E-state index contributed by atoms with van der Waals surface area (Å²) in [6, 6.07) is 14.1. The van der Waals surface area contributed by atoms with Crippen LogP contribution in [0.4, 0.5) is 10.1 Å². The molecule has 1 aliphatic heterocycles. The van der Waals surface area contributed by atoms with Crippen molar-refractivity contribution in [1.82, 2.24) is 14.5 Å². The van der Waals surface area contributed by atoms with Crippen LogP contribution in [0.15, 0.2) is 48.5 Å². The van der Waals surface area contributed by atoms with Gasteiger partial charge in [0.2, 0.25) is 0 Å². The Labute approximate surface area is 166 Å². The molecular formula is C20H19FN4O2S. The lowest BCUT2D eigenvalue weighted by Crippen LogP contribution is -2.49. The summed E-state index contributed by atoms with van der Waals surface area (Å²) in [6.07, 6.45) is 0. The molecule has 0 spiro atoms. The smallest absolute Gasteiger partial charge is 0.268 e. The van der Waals surface area contributed by atoms with Crippen LogP contribution in [0.1, 0.15) is 9.67 Å². The van der Waals surface area contributed by atoms with Crippen molar-refractivity contribution in [3.63, 3.8) is 0 Å². The van der Waals surface area contributed by atoms with E-state index in [0.717, 1.165) is 17.1 Å². The van der Waals surface area contributed by atoms with Crippen LogP contribution in [-0.2, 0) is 0 Å². The molecule has 28 heavy (non-hydrogen) atoms. The Morgan fingerprint density at radius 3 is 2.64 bits per heavy atom. The van der Waals surface area contributed by atoms with Crippen molar-refractivity contribution in [2.24, 2.45) is 0 Å². The van der Waals surface area contributed by atoms with Crippen LogP contribution < -0.4 is 9.64 Å². The predicted octanol–water partition coefficient (Wildman–Crippen LogP) is 3.32. The summed E-state index contributed by atoms with van der Waals surface area (Å²) < 4.78 is 23.3. The maximum absolute atomic E-state index is 14.0. The number of piperazine rings is 1. The van der Waals surface area contributed by atoms with E-state index in [-0.39, 0.29) is 11.7 Å². The lowest BCUT2D eigenvalue weighted by molar-refractivity contribution is 0.0752. The average molecular weight is 398 g/mol. The van der Waals surface area contributed by atoms with Crippen LogP contribution in [0.5, 0.6) is 5.75 Å². The van der Waals surface area contributed by atoms with E-state index < -0.39 is 0 Å². The van der Waals surface area contributed by atoms with Gasteiger partial charge in [0.25, 0.3) is 5.91 Å². The SMILES string of the molecule is COc1cccc(-c2nnsc2C(=O)N2CCN(c3ccccc3F)CC2)c1. The first-order valence-electron chi connectivity index (χ1n) is 8.93. The van der Waals surface area contributed by atoms with Crippen molar-refractivity contribution in [3.05, 3.63) is 59.2 Å². The number of rotatable bonds is 4. The monoisotopic (exact) mass is 398 g/mol. The fraction of sp³-hybridized carbons (Fsp3) is 0.250. The van der Waals surface area contributed by atoms with Gasteiger partial charge in [-0.05, 0) is 35.8 Å². The van der Waals surface area contributed by atoms with E-state index in [2.05, 4.69) is 9.59 Å². The van der Waals surface area contributed by atoms with Gasteiger partial charge in [-0.25, -0.2) is 4.39 Å². The summed E-state index contributed by atoms with van der Waals surface area (Å²) in [5, 5.41) is 4.16. The van der Waals surface area contributed by atoms with E-state index >= 15 is 0 Å². The standard InChI is InChI=1S/C20H19FN4O2S/c1-27-15-6-4-5-14(13-15)18-19(28-23-22-18)20(26)25-11-9-24(10-12-25)17-8-3-2-7-16(17)21/h2-8,13H,9-12H2,1H3. The van der Waals surface area contributed by atoms with Crippen LogP contribution in [0.3, 0.4) is 0 Å². The van der Waals surface area contributed by atoms with Crippen LogP contribution in [0, 0.1) is 5.82 Å². The number of nitrogens with zero attached hydrogens (tertiary/aromatic N) is 4.